The topological polar surface area (TPSA) is 17.1 Å². The molecule has 1 atom stereocenters. The predicted molar refractivity (Wildman–Crippen MR) is 68.4 cm³/mol. The van der Waals surface area contributed by atoms with Gasteiger partial charge in [0.25, 0.3) is 0 Å². The maximum absolute atomic E-state index is 11.8. The molecule has 0 aliphatic carbocycles. The third-order valence-corrected chi connectivity index (χ3v) is 3.24. The van der Waals surface area contributed by atoms with E-state index in [2.05, 4.69) is 26.0 Å². The van der Waals surface area contributed by atoms with Gasteiger partial charge in [-0.3, -0.25) is 4.79 Å². The zero-order valence-corrected chi connectivity index (χ0v) is 10.6. The fourth-order valence-electron chi connectivity index (χ4n) is 1.71. The van der Waals surface area contributed by atoms with Gasteiger partial charge in [0.1, 0.15) is 5.78 Å². The summed E-state index contributed by atoms with van der Waals surface area (Å²) in [4.78, 5) is 11.8. The SMILES string of the molecule is CC(C)C(C)C(=O)CCCc1ccccc1. The van der Waals surface area contributed by atoms with Crippen molar-refractivity contribution >= 4 is 5.78 Å². The Morgan fingerprint density at radius 3 is 2.31 bits per heavy atom. The number of benzene rings is 1. The molecule has 0 spiro atoms. The number of carbonyl (C=O) groups is 1. The van der Waals surface area contributed by atoms with Crippen LogP contribution in [0.4, 0.5) is 0 Å². The molecule has 0 aromatic heterocycles. The second-order valence-electron chi connectivity index (χ2n) is 4.84. The monoisotopic (exact) mass is 218 g/mol. The molecule has 16 heavy (non-hydrogen) atoms. The predicted octanol–water partition coefficient (Wildman–Crippen LogP) is 3.87. The molecule has 88 valence electrons. The lowest BCUT2D eigenvalue weighted by Crippen LogP contribution is -2.16. The molecule has 0 fully saturated rings. The van der Waals surface area contributed by atoms with E-state index in [-0.39, 0.29) is 5.92 Å². The van der Waals surface area contributed by atoms with Crippen LogP contribution < -0.4 is 0 Å². The van der Waals surface area contributed by atoms with Crippen LogP contribution in [0, 0.1) is 11.8 Å². The van der Waals surface area contributed by atoms with E-state index in [1.54, 1.807) is 0 Å². The molecule has 0 radical (unpaired) electrons. The van der Waals surface area contributed by atoms with E-state index >= 15 is 0 Å². The van der Waals surface area contributed by atoms with Gasteiger partial charge < -0.3 is 0 Å². The fourth-order valence-corrected chi connectivity index (χ4v) is 1.71. The van der Waals surface area contributed by atoms with Gasteiger partial charge in [0.15, 0.2) is 0 Å². The van der Waals surface area contributed by atoms with Crippen LogP contribution in [0.25, 0.3) is 0 Å². The number of Topliss-reactive ketones (excluding diaryl/α,β-unsaturated/α-hetero) is 1. The summed E-state index contributed by atoms with van der Waals surface area (Å²) < 4.78 is 0. The third kappa shape index (κ3) is 4.18. The molecule has 1 unspecified atom stereocenters. The van der Waals surface area contributed by atoms with Crippen molar-refractivity contribution in [3.8, 4) is 0 Å². The Morgan fingerprint density at radius 2 is 1.75 bits per heavy atom. The molecule has 1 aromatic carbocycles. The second kappa shape index (κ2) is 6.47. The number of hydrogen-bond donors (Lipinski definition) is 0. The molecule has 0 bridgehead atoms. The minimum Gasteiger partial charge on any atom is -0.299 e. The number of rotatable bonds is 6. The highest BCUT2D eigenvalue weighted by molar-refractivity contribution is 5.80. The molecule has 0 heterocycles. The molecule has 0 saturated carbocycles. The zero-order chi connectivity index (χ0) is 12.0. The average molecular weight is 218 g/mol. The van der Waals surface area contributed by atoms with Gasteiger partial charge in [-0.25, -0.2) is 0 Å². The van der Waals surface area contributed by atoms with Crippen molar-refractivity contribution in [1.29, 1.82) is 0 Å². The highest BCUT2D eigenvalue weighted by Gasteiger charge is 2.15. The smallest absolute Gasteiger partial charge is 0.135 e. The van der Waals surface area contributed by atoms with E-state index in [9.17, 15) is 4.79 Å². The number of carbonyl (C=O) groups excluding carboxylic acids is 1. The number of aryl methyl sites for hydroxylation is 1. The van der Waals surface area contributed by atoms with Gasteiger partial charge in [-0.2, -0.15) is 0 Å². The Kier molecular flexibility index (Phi) is 5.24. The zero-order valence-electron chi connectivity index (χ0n) is 10.6. The fraction of sp³-hybridized carbons (Fsp3) is 0.533. The lowest BCUT2D eigenvalue weighted by Gasteiger charge is -2.13. The molecule has 1 aromatic rings. The average Bonchev–Trinajstić information content (AvgIpc) is 2.29. The van der Waals surface area contributed by atoms with Crippen molar-refractivity contribution < 1.29 is 4.79 Å². The first kappa shape index (κ1) is 13.0. The van der Waals surface area contributed by atoms with Gasteiger partial charge in [-0.15, -0.1) is 0 Å². The largest absolute Gasteiger partial charge is 0.299 e. The Bertz CT molecular complexity index is 313. The number of hydrogen-bond acceptors (Lipinski definition) is 1. The molecule has 0 saturated heterocycles. The maximum Gasteiger partial charge on any atom is 0.135 e. The van der Waals surface area contributed by atoms with E-state index in [1.807, 2.05) is 25.1 Å². The summed E-state index contributed by atoms with van der Waals surface area (Å²) >= 11 is 0. The van der Waals surface area contributed by atoms with Crippen LogP contribution in [0.5, 0.6) is 0 Å². The van der Waals surface area contributed by atoms with Crippen molar-refractivity contribution in [2.24, 2.45) is 11.8 Å². The standard InChI is InChI=1S/C15H22O/c1-12(2)13(3)15(16)11-7-10-14-8-5-4-6-9-14/h4-6,8-9,12-13H,7,10-11H2,1-3H3. The summed E-state index contributed by atoms with van der Waals surface area (Å²) in [5.41, 5.74) is 1.33. The summed E-state index contributed by atoms with van der Waals surface area (Å²) in [6.45, 7) is 6.26. The van der Waals surface area contributed by atoms with E-state index in [1.165, 1.54) is 5.56 Å². The summed E-state index contributed by atoms with van der Waals surface area (Å²) in [6.07, 6.45) is 2.70. The van der Waals surface area contributed by atoms with Crippen LogP contribution in [0.2, 0.25) is 0 Å². The van der Waals surface area contributed by atoms with Crippen LogP contribution in [-0.2, 0) is 11.2 Å². The van der Waals surface area contributed by atoms with Gasteiger partial charge in [0, 0.05) is 12.3 Å². The normalized spacial score (nSPS) is 12.8. The third-order valence-electron chi connectivity index (χ3n) is 3.24. The minimum atomic E-state index is 0.204. The molecular formula is C15H22O. The highest BCUT2D eigenvalue weighted by atomic mass is 16.1. The van der Waals surface area contributed by atoms with Gasteiger partial charge >= 0.3 is 0 Å². The van der Waals surface area contributed by atoms with E-state index in [4.69, 9.17) is 0 Å². The summed E-state index contributed by atoms with van der Waals surface area (Å²) in [5, 5.41) is 0. The lowest BCUT2D eigenvalue weighted by molar-refractivity contribution is -0.123. The van der Waals surface area contributed by atoms with Crippen molar-refractivity contribution in [1.82, 2.24) is 0 Å². The molecule has 1 rings (SSSR count). The Morgan fingerprint density at radius 1 is 1.12 bits per heavy atom. The molecule has 0 N–H and O–H groups in total. The van der Waals surface area contributed by atoms with Crippen LogP contribution in [0.3, 0.4) is 0 Å². The van der Waals surface area contributed by atoms with Gasteiger partial charge in [-0.05, 0) is 24.3 Å². The molecule has 1 nitrogen and oxygen atoms in total. The van der Waals surface area contributed by atoms with Crippen molar-refractivity contribution in [2.45, 2.75) is 40.0 Å². The molecule has 0 aliphatic rings. The molecule has 0 aliphatic heterocycles. The van der Waals surface area contributed by atoms with E-state index in [0.29, 0.717) is 18.1 Å². The Balaban J connectivity index is 2.28. The quantitative estimate of drug-likeness (QED) is 0.708. The van der Waals surface area contributed by atoms with Gasteiger partial charge in [-0.1, -0.05) is 51.1 Å². The van der Waals surface area contributed by atoms with Crippen LogP contribution >= 0.6 is 0 Å². The van der Waals surface area contributed by atoms with Crippen LogP contribution in [-0.4, -0.2) is 5.78 Å². The van der Waals surface area contributed by atoms with E-state index < -0.39 is 0 Å². The first-order chi connectivity index (χ1) is 7.61. The van der Waals surface area contributed by atoms with Gasteiger partial charge in [0.2, 0.25) is 0 Å². The second-order valence-corrected chi connectivity index (χ2v) is 4.84. The highest BCUT2D eigenvalue weighted by Crippen LogP contribution is 2.14. The summed E-state index contributed by atoms with van der Waals surface area (Å²) in [6, 6.07) is 10.4. The molecular weight excluding hydrogens is 196 g/mol. The first-order valence-corrected chi connectivity index (χ1v) is 6.18. The van der Waals surface area contributed by atoms with Gasteiger partial charge in [0.05, 0.1) is 0 Å². The van der Waals surface area contributed by atoms with Crippen molar-refractivity contribution in [3.05, 3.63) is 35.9 Å². The maximum atomic E-state index is 11.8. The number of ketones is 1. The minimum absolute atomic E-state index is 0.204. The van der Waals surface area contributed by atoms with Crippen LogP contribution in [0.1, 0.15) is 39.2 Å². The molecule has 1 heteroatoms. The molecule has 0 amide bonds. The van der Waals surface area contributed by atoms with Crippen molar-refractivity contribution in [2.75, 3.05) is 0 Å². The Hall–Kier alpha value is -1.11. The first-order valence-electron chi connectivity index (χ1n) is 6.18. The lowest BCUT2D eigenvalue weighted by atomic mass is 9.90. The Labute approximate surface area is 98.9 Å². The van der Waals surface area contributed by atoms with Crippen molar-refractivity contribution in [3.63, 3.8) is 0 Å². The van der Waals surface area contributed by atoms with Crippen LogP contribution in [0.15, 0.2) is 30.3 Å². The summed E-state index contributed by atoms with van der Waals surface area (Å²) in [5.74, 6) is 1.07. The van der Waals surface area contributed by atoms with E-state index in [0.717, 1.165) is 12.8 Å². The summed E-state index contributed by atoms with van der Waals surface area (Å²) in [7, 11) is 0.